The van der Waals surface area contributed by atoms with Gasteiger partial charge in [0.15, 0.2) is 0 Å². The maximum atomic E-state index is 10.3. The van der Waals surface area contributed by atoms with Crippen molar-refractivity contribution in [2.24, 2.45) is 5.92 Å². The highest BCUT2D eigenvalue weighted by Crippen LogP contribution is 2.24. The number of hydrogen-bond donors (Lipinski definition) is 2. The van der Waals surface area contributed by atoms with Crippen LogP contribution in [0.2, 0.25) is 0 Å². The minimum absolute atomic E-state index is 0.274. The highest BCUT2D eigenvalue weighted by atomic mass is 16.5. The Kier molecular flexibility index (Phi) is 4.38. The Labute approximate surface area is 109 Å². The summed E-state index contributed by atoms with van der Waals surface area (Å²) in [4.78, 5) is 0. The molecule has 1 aliphatic heterocycles. The monoisotopic (exact) mass is 249 g/mol. The van der Waals surface area contributed by atoms with Crippen molar-refractivity contribution >= 4 is 0 Å². The van der Waals surface area contributed by atoms with Crippen molar-refractivity contribution in [3.63, 3.8) is 0 Å². The van der Waals surface area contributed by atoms with E-state index in [4.69, 9.17) is 4.74 Å². The Balaban J connectivity index is 1.99. The third-order valence-corrected chi connectivity index (χ3v) is 3.56. The molecule has 2 atom stereocenters. The minimum atomic E-state index is -0.693. The molecule has 1 heterocycles. The fourth-order valence-corrected chi connectivity index (χ4v) is 2.43. The first-order chi connectivity index (χ1) is 8.61. The number of nitrogens with one attached hydrogen (secondary N) is 1. The molecule has 18 heavy (non-hydrogen) atoms. The largest absolute Gasteiger partial charge is 0.386 e. The van der Waals surface area contributed by atoms with E-state index in [1.807, 2.05) is 6.07 Å². The summed E-state index contributed by atoms with van der Waals surface area (Å²) in [6.45, 7) is 6.08. The molecule has 0 unspecified atom stereocenters. The van der Waals surface area contributed by atoms with E-state index >= 15 is 0 Å². The van der Waals surface area contributed by atoms with Crippen molar-refractivity contribution in [2.75, 3.05) is 19.8 Å². The maximum absolute atomic E-state index is 10.3. The van der Waals surface area contributed by atoms with Gasteiger partial charge in [0.05, 0.1) is 6.61 Å². The predicted molar refractivity (Wildman–Crippen MR) is 72.4 cm³/mol. The van der Waals surface area contributed by atoms with Crippen molar-refractivity contribution in [1.29, 1.82) is 0 Å². The molecule has 2 N–H and O–H groups in total. The van der Waals surface area contributed by atoms with Gasteiger partial charge in [-0.25, -0.2) is 0 Å². The first-order valence-electron chi connectivity index (χ1n) is 6.69. The molecule has 0 radical (unpaired) electrons. The van der Waals surface area contributed by atoms with Gasteiger partial charge in [-0.1, -0.05) is 44.2 Å². The van der Waals surface area contributed by atoms with Crippen LogP contribution in [-0.2, 0) is 4.74 Å². The fourth-order valence-electron chi connectivity index (χ4n) is 2.43. The second-order valence-corrected chi connectivity index (χ2v) is 5.54. The molecule has 1 fully saturated rings. The molecular weight excluding hydrogens is 226 g/mol. The van der Waals surface area contributed by atoms with E-state index in [2.05, 4.69) is 43.4 Å². The summed E-state index contributed by atoms with van der Waals surface area (Å²) in [6, 6.07) is 10.7. The third kappa shape index (κ3) is 3.31. The second kappa shape index (κ2) is 5.83. The molecule has 0 saturated carbocycles. The van der Waals surface area contributed by atoms with Crippen LogP contribution in [-0.4, -0.2) is 30.5 Å². The summed E-state index contributed by atoms with van der Waals surface area (Å²) in [5.41, 5.74) is 0.581. The molecule has 0 bridgehead atoms. The molecule has 1 aromatic carbocycles. The number of aliphatic hydroxyl groups is 1. The highest BCUT2D eigenvalue weighted by Gasteiger charge is 2.33. The zero-order chi connectivity index (χ0) is 13.0. The first-order valence-corrected chi connectivity index (χ1v) is 6.69. The Hall–Kier alpha value is -0.900. The highest BCUT2D eigenvalue weighted by molar-refractivity contribution is 5.19. The molecule has 1 aliphatic rings. The van der Waals surface area contributed by atoms with Crippen LogP contribution in [0, 0.1) is 5.92 Å². The standard InChI is InChI=1S/C15H23NO2/c1-12(2)14(13-6-4-3-5-7-13)16-10-15(17)8-9-18-11-15/h3-7,12,14,16-17H,8-11H2,1-2H3/t14-,15+/m0/s1. The van der Waals surface area contributed by atoms with Crippen LogP contribution >= 0.6 is 0 Å². The van der Waals surface area contributed by atoms with E-state index in [-0.39, 0.29) is 6.04 Å². The van der Waals surface area contributed by atoms with Gasteiger partial charge in [-0.15, -0.1) is 0 Å². The number of rotatable bonds is 5. The molecule has 1 aromatic rings. The Bertz CT molecular complexity index is 358. The van der Waals surface area contributed by atoms with Crippen molar-refractivity contribution in [3.8, 4) is 0 Å². The molecule has 100 valence electrons. The fraction of sp³-hybridized carbons (Fsp3) is 0.600. The van der Waals surface area contributed by atoms with Crippen LogP contribution in [0.4, 0.5) is 0 Å². The van der Waals surface area contributed by atoms with Gasteiger partial charge in [-0.05, 0) is 11.5 Å². The minimum Gasteiger partial charge on any atom is -0.386 e. The quantitative estimate of drug-likeness (QED) is 0.840. The lowest BCUT2D eigenvalue weighted by molar-refractivity contribution is 0.0235. The van der Waals surface area contributed by atoms with Gasteiger partial charge < -0.3 is 15.2 Å². The zero-order valence-corrected chi connectivity index (χ0v) is 11.2. The summed E-state index contributed by atoms with van der Waals surface area (Å²) in [6.07, 6.45) is 0.722. The van der Waals surface area contributed by atoms with Crippen molar-refractivity contribution in [1.82, 2.24) is 5.32 Å². The maximum Gasteiger partial charge on any atom is 0.103 e. The summed E-state index contributed by atoms with van der Waals surface area (Å²) in [5, 5.41) is 13.8. The third-order valence-electron chi connectivity index (χ3n) is 3.56. The van der Waals surface area contributed by atoms with E-state index in [1.54, 1.807) is 0 Å². The Morgan fingerprint density at radius 2 is 2.06 bits per heavy atom. The molecule has 1 saturated heterocycles. The Morgan fingerprint density at radius 3 is 2.61 bits per heavy atom. The molecular formula is C15H23NO2. The number of benzene rings is 1. The van der Waals surface area contributed by atoms with Crippen LogP contribution in [0.3, 0.4) is 0 Å². The Morgan fingerprint density at radius 1 is 1.33 bits per heavy atom. The first kappa shape index (κ1) is 13.5. The summed E-state index contributed by atoms with van der Waals surface area (Å²) in [5.74, 6) is 0.485. The van der Waals surface area contributed by atoms with Crippen LogP contribution < -0.4 is 5.32 Å². The molecule has 0 amide bonds. The average Bonchev–Trinajstić information content (AvgIpc) is 2.78. The lowest BCUT2D eigenvalue weighted by atomic mass is 9.94. The lowest BCUT2D eigenvalue weighted by Crippen LogP contribution is -2.43. The normalized spacial score (nSPS) is 25.6. The summed E-state index contributed by atoms with van der Waals surface area (Å²) < 4.78 is 5.27. The van der Waals surface area contributed by atoms with Gasteiger partial charge in [0.2, 0.25) is 0 Å². The van der Waals surface area contributed by atoms with E-state index in [9.17, 15) is 5.11 Å². The topological polar surface area (TPSA) is 41.5 Å². The van der Waals surface area contributed by atoms with Crippen LogP contribution in [0.25, 0.3) is 0 Å². The SMILES string of the molecule is CC(C)[C@H](NC[C@]1(O)CCOC1)c1ccccc1. The van der Waals surface area contributed by atoms with Crippen LogP contribution in [0.1, 0.15) is 31.9 Å². The number of hydrogen-bond acceptors (Lipinski definition) is 3. The molecule has 0 spiro atoms. The van der Waals surface area contributed by atoms with Crippen LogP contribution in [0.5, 0.6) is 0 Å². The summed E-state index contributed by atoms with van der Waals surface area (Å²) in [7, 11) is 0. The molecule has 2 rings (SSSR count). The summed E-state index contributed by atoms with van der Waals surface area (Å²) >= 11 is 0. The molecule has 0 aromatic heterocycles. The van der Waals surface area contributed by atoms with Crippen molar-refractivity contribution < 1.29 is 9.84 Å². The molecule has 0 aliphatic carbocycles. The predicted octanol–water partition coefficient (Wildman–Crippen LogP) is 2.12. The van der Waals surface area contributed by atoms with E-state index < -0.39 is 5.60 Å². The lowest BCUT2D eigenvalue weighted by Gasteiger charge is -2.28. The van der Waals surface area contributed by atoms with Gasteiger partial charge in [-0.3, -0.25) is 0 Å². The van der Waals surface area contributed by atoms with E-state index in [1.165, 1.54) is 5.56 Å². The van der Waals surface area contributed by atoms with Crippen molar-refractivity contribution in [3.05, 3.63) is 35.9 Å². The van der Waals surface area contributed by atoms with E-state index in [0.717, 1.165) is 6.42 Å². The smallest absolute Gasteiger partial charge is 0.103 e. The van der Waals surface area contributed by atoms with Crippen LogP contribution in [0.15, 0.2) is 30.3 Å². The number of ether oxygens (including phenoxy) is 1. The second-order valence-electron chi connectivity index (χ2n) is 5.54. The van der Waals surface area contributed by atoms with E-state index in [0.29, 0.717) is 25.7 Å². The average molecular weight is 249 g/mol. The van der Waals surface area contributed by atoms with Gasteiger partial charge >= 0.3 is 0 Å². The molecule has 3 heteroatoms. The van der Waals surface area contributed by atoms with Gasteiger partial charge in [-0.2, -0.15) is 0 Å². The zero-order valence-electron chi connectivity index (χ0n) is 11.2. The van der Waals surface area contributed by atoms with Gasteiger partial charge in [0.1, 0.15) is 5.60 Å². The molecule has 3 nitrogen and oxygen atoms in total. The van der Waals surface area contributed by atoms with Gasteiger partial charge in [0, 0.05) is 25.6 Å². The van der Waals surface area contributed by atoms with Gasteiger partial charge in [0.25, 0.3) is 0 Å². The van der Waals surface area contributed by atoms with Crippen molar-refractivity contribution in [2.45, 2.75) is 31.9 Å².